The zero-order valence-corrected chi connectivity index (χ0v) is 16.5. The number of fused-ring (bicyclic) bond motifs is 1. The first-order valence-electron chi connectivity index (χ1n) is 10.1. The Morgan fingerprint density at radius 3 is 2.86 bits per heavy atom. The van der Waals surface area contributed by atoms with Crippen LogP contribution in [0.2, 0.25) is 0 Å². The summed E-state index contributed by atoms with van der Waals surface area (Å²) in [5.41, 5.74) is 1.27. The highest BCUT2D eigenvalue weighted by molar-refractivity contribution is 5.73. The molecule has 1 saturated carbocycles. The topological polar surface area (TPSA) is 89.7 Å². The minimum Gasteiger partial charge on any atom is -0.492 e. The van der Waals surface area contributed by atoms with Crippen molar-refractivity contribution >= 4 is 23.2 Å². The molecule has 1 N–H and O–H groups in total. The van der Waals surface area contributed by atoms with Crippen molar-refractivity contribution in [2.24, 2.45) is 5.92 Å². The van der Waals surface area contributed by atoms with Crippen LogP contribution in [-0.4, -0.2) is 54.3 Å². The van der Waals surface area contributed by atoms with Gasteiger partial charge in [0.2, 0.25) is 11.6 Å². The molecule has 3 heterocycles. The van der Waals surface area contributed by atoms with Gasteiger partial charge in [-0.1, -0.05) is 0 Å². The molecule has 0 spiro atoms. The summed E-state index contributed by atoms with van der Waals surface area (Å²) in [5, 5.41) is 2.84. The van der Waals surface area contributed by atoms with Crippen molar-refractivity contribution in [1.29, 1.82) is 0 Å². The molecule has 4 rings (SSSR count). The van der Waals surface area contributed by atoms with Crippen LogP contribution in [-0.2, 0) is 9.53 Å². The van der Waals surface area contributed by atoms with Gasteiger partial charge in [-0.3, -0.25) is 4.79 Å². The summed E-state index contributed by atoms with van der Waals surface area (Å²) < 4.78 is 17.5. The van der Waals surface area contributed by atoms with Gasteiger partial charge >= 0.3 is 0 Å². The fourth-order valence-corrected chi connectivity index (χ4v) is 3.39. The molecule has 2 aromatic heterocycles. The molecule has 1 amide bonds. The Kier molecular flexibility index (Phi) is 5.66. The van der Waals surface area contributed by atoms with Crippen LogP contribution in [0.15, 0.2) is 16.7 Å². The number of oxazole rings is 1. The largest absolute Gasteiger partial charge is 0.492 e. The Labute approximate surface area is 164 Å². The van der Waals surface area contributed by atoms with Gasteiger partial charge in [0.15, 0.2) is 0 Å². The molecule has 8 nitrogen and oxygen atoms in total. The van der Waals surface area contributed by atoms with Crippen molar-refractivity contribution in [3.63, 3.8) is 0 Å². The third-order valence-corrected chi connectivity index (χ3v) is 5.14. The zero-order chi connectivity index (χ0) is 19.5. The monoisotopic (exact) mass is 388 g/mol. The SMILES string of the molecule is CC(=O)NC(C)COC1CCN(c2nc3cc(OCC4CC4)cnc3o2)CC1. The van der Waals surface area contributed by atoms with Gasteiger partial charge in [0.05, 0.1) is 25.5 Å². The number of carbonyl (C=O) groups is 1. The van der Waals surface area contributed by atoms with Crippen LogP contribution in [0.25, 0.3) is 11.2 Å². The normalized spacial score (nSPS) is 19.0. The molecule has 1 atom stereocenters. The highest BCUT2D eigenvalue weighted by Gasteiger charge is 2.25. The van der Waals surface area contributed by atoms with E-state index in [9.17, 15) is 4.79 Å². The Hall–Kier alpha value is -2.35. The first-order valence-corrected chi connectivity index (χ1v) is 10.1. The van der Waals surface area contributed by atoms with E-state index in [1.807, 2.05) is 13.0 Å². The number of hydrogen-bond donors (Lipinski definition) is 1. The second-order valence-corrected chi connectivity index (χ2v) is 7.87. The number of pyridine rings is 1. The highest BCUT2D eigenvalue weighted by Crippen LogP contribution is 2.30. The van der Waals surface area contributed by atoms with E-state index in [-0.39, 0.29) is 18.1 Å². The molecule has 0 aromatic carbocycles. The lowest BCUT2D eigenvalue weighted by molar-refractivity contribution is -0.120. The first-order chi connectivity index (χ1) is 13.6. The smallest absolute Gasteiger partial charge is 0.299 e. The number of amides is 1. The van der Waals surface area contributed by atoms with E-state index in [2.05, 4.69) is 20.2 Å². The van der Waals surface area contributed by atoms with Crippen LogP contribution in [0.3, 0.4) is 0 Å². The number of ether oxygens (including phenoxy) is 2. The van der Waals surface area contributed by atoms with E-state index in [0.29, 0.717) is 24.3 Å². The Balaban J connectivity index is 1.29. The molecular weight excluding hydrogens is 360 g/mol. The van der Waals surface area contributed by atoms with Crippen LogP contribution in [0.5, 0.6) is 5.75 Å². The molecule has 152 valence electrons. The summed E-state index contributed by atoms with van der Waals surface area (Å²) >= 11 is 0. The minimum absolute atomic E-state index is 0.0231. The van der Waals surface area contributed by atoms with Crippen molar-refractivity contribution in [3.8, 4) is 5.75 Å². The van der Waals surface area contributed by atoms with Gasteiger partial charge in [-0.05, 0) is 38.5 Å². The van der Waals surface area contributed by atoms with Gasteiger partial charge in [-0.15, -0.1) is 0 Å². The lowest BCUT2D eigenvalue weighted by Gasteiger charge is -2.31. The van der Waals surface area contributed by atoms with E-state index < -0.39 is 0 Å². The van der Waals surface area contributed by atoms with Crippen molar-refractivity contribution in [2.45, 2.75) is 51.7 Å². The summed E-state index contributed by atoms with van der Waals surface area (Å²) in [6.45, 7) is 6.39. The number of nitrogens with one attached hydrogen (secondary N) is 1. The van der Waals surface area contributed by atoms with Gasteiger partial charge in [0.25, 0.3) is 6.01 Å². The molecular formula is C20H28N4O4. The average molecular weight is 388 g/mol. The molecule has 0 radical (unpaired) electrons. The van der Waals surface area contributed by atoms with E-state index in [1.165, 1.54) is 19.8 Å². The molecule has 8 heteroatoms. The second kappa shape index (κ2) is 8.34. The maximum absolute atomic E-state index is 11.1. The van der Waals surface area contributed by atoms with Crippen molar-refractivity contribution in [2.75, 3.05) is 31.2 Å². The third-order valence-electron chi connectivity index (χ3n) is 5.14. The summed E-state index contributed by atoms with van der Waals surface area (Å²) in [5.74, 6) is 1.42. The quantitative estimate of drug-likeness (QED) is 0.743. The van der Waals surface area contributed by atoms with Gasteiger partial charge in [-0.2, -0.15) is 4.98 Å². The summed E-state index contributed by atoms with van der Waals surface area (Å²) in [6.07, 6.45) is 6.21. The van der Waals surface area contributed by atoms with Crippen LogP contribution in [0, 0.1) is 5.92 Å². The van der Waals surface area contributed by atoms with Crippen molar-refractivity contribution < 1.29 is 18.7 Å². The lowest BCUT2D eigenvalue weighted by Crippen LogP contribution is -2.40. The number of carbonyl (C=O) groups excluding carboxylic acids is 1. The van der Waals surface area contributed by atoms with Gasteiger partial charge in [0, 0.05) is 32.1 Å². The van der Waals surface area contributed by atoms with Crippen LogP contribution in [0.1, 0.15) is 39.5 Å². The Morgan fingerprint density at radius 1 is 1.36 bits per heavy atom. The third kappa shape index (κ3) is 4.92. The highest BCUT2D eigenvalue weighted by atomic mass is 16.5. The molecule has 1 unspecified atom stereocenters. The number of anilines is 1. The van der Waals surface area contributed by atoms with Gasteiger partial charge in [0.1, 0.15) is 11.3 Å². The van der Waals surface area contributed by atoms with Crippen molar-refractivity contribution in [1.82, 2.24) is 15.3 Å². The molecule has 2 aliphatic rings. The molecule has 1 aliphatic carbocycles. The minimum atomic E-state index is -0.0309. The fraction of sp³-hybridized carbons (Fsp3) is 0.650. The predicted molar refractivity (Wildman–Crippen MR) is 104 cm³/mol. The fourth-order valence-electron chi connectivity index (χ4n) is 3.39. The Bertz CT molecular complexity index is 812. The standard InChI is InChI=1S/C20H28N4O4/c1-13(22-14(2)25)11-26-16-5-7-24(8-6-16)20-23-18-9-17(10-21-19(18)28-20)27-12-15-3-4-15/h9-10,13,15-16H,3-8,11-12H2,1-2H3,(H,22,25). The van der Waals surface area contributed by atoms with E-state index in [1.54, 1.807) is 6.20 Å². The van der Waals surface area contributed by atoms with E-state index in [4.69, 9.17) is 13.9 Å². The zero-order valence-electron chi connectivity index (χ0n) is 16.5. The Morgan fingerprint density at radius 2 is 2.14 bits per heavy atom. The number of nitrogens with zero attached hydrogens (tertiary/aromatic N) is 3. The maximum Gasteiger partial charge on any atom is 0.299 e. The molecule has 28 heavy (non-hydrogen) atoms. The summed E-state index contributed by atoms with van der Waals surface area (Å²) in [4.78, 5) is 22.1. The second-order valence-electron chi connectivity index (χ2n) is 7.87. The molecule has 2 aromatic rings. The predicted octanol–water partition coefficient (Wildman–Crippen LogP) is 2.52. The van der Waals surface area contributed by atoms with Gasteiger partial charge < -0.3 is 24.1 Å². The molecule has 0 bridgehead atoms. The van der Waals surface area contributed by atoms with E-state index >= 15 is 0 Å². The summed E-state index contributed by atoms with van der Waals surface area (Å²) in [6, 6.07) is 2.53. The number of piperidine rings is 1. The number of hydrogen-bond acceptors (Lipinski definition) is 7. The van der Waals surface area contributed by atoms with E-state index in [0.717, 1.165) is 43.8 Å². The number of rotatable bonds is 8. The van der Waals surface area contributed by atoms with Crippen LogP contribution >= 0.6 is 0 Å². The molecule has 2 fully saturated rings. The van der Waals surface area contributed by atoms with Gasteiger partial charge in [-0.25, -0.2) is 4.98 Å². The lowest BCUT2D eigenvalue weighted by atomic mass is 10.1. The van der Waals surface area contributed by atoms with Crippen LogP contribution in [0.4, 0.5) is 6.01 Å². The summed E-state index contributed by atoms with van der Waals surface area (Å²) in [7, 11) is 0. The maximum atomic E-state index is 11.1. The first kappa shape index (κ1) is 19.0. The van der Waals surface area contributed by atoms with Crippen LogP contribution < -0.4 is 15.0 Å². The number of aromatic nitrogens is 2. The van der Waals surface area contributed by atoms with Crippen molar-refractivity contribution in [3.05, 3.63) is 12.3 Å². The molecule has 1 aliphatic heterocycles. The molecule has 1 saturated heterocycles. The average Bonchev–Trinajstić information content (AvgIpc) is 3.41.